The molecule has 37 nitrogen and oxygen atoms in total. The van der Waals surface area contributed by atoms with Gasteiger partial charge in [-0.2, -0.15) is 24.7 Å². The molecule has 726 valence electrons. The molecule has 5 aromatic carbocycles. The standard InChI is InChI=1S/C20H21N6O2P.C20H24N5O2P.C20H25N4O2P.C19H22N5O3P.C18H25N6O2P/c1-28-16-8-14(9-21-11-16)10-23-20-24-13-19-22-12-18(26(19)25-20)15-4-6-17(7-5-15)29(2,3)27;1-4-28(26,5-2)14-10-11-16(18(12-14)27-3)22-19-21-13-25-17-9-7-6-8-15(17)23-20(25)24-19;1-3-15-12-22-20-13-21-19(14-24(15)20)23-17-8-7-16(11-18(17)26-2)27(25)9-5-4-6-10-27;1-27-17-6-4-3-5-15(17)22-18-11-16-14(12-21-24(16)13-20-18)19(25)23-7-9-28(2,26)10-8-23;1-6-27(25,7-2)13-8-9-14(15(10-13)26-5)21-16-11-17-19-12-20-24(17)18(22-16)23(3)4/h4-9,11-13H,10H2,1-3H3,(H,23,25);6-13,15,17H,4-5H2,1-3H3,(H,22,23,24);7-8,11-14,23H,3-6,9-10H2,1-2H3;3-6,11-13,22H,7-10H2,1-2H3;8-12,21H,6-7H2,1-5H3. The maximum absolute atomic E-state index is 13.3. The summed E-state index contributed by atoms with van der Waals surface area (Å²) in [6.45, 7) is 16.8. The number of fused-ring (bicyclic) bond motifs is 7. The minimum Gasteiger partial charge on any atom is -0.495 e. The first kappa shape index (κ1) is 99.8. The van der Waals surface area contributed by atoms with Gasteiger partial charge in [-0.25, -0.2) is 48.9 Å². The van der Waals surface area contributed by atoms with Crippen molar-refractivity contribution < 1.29 is 51.3 Å². The summed E-state index contributed by atoms with van der Waals surface area (Å²) in [6.07, 6.45) is 36.5. The first-order valence-electron chi connectivity index (χ1n) is 45.9. The highest BCUT2D eigenvalue weighted by Crippen LogP contribution is 2.51. The molecule has 1 aliphatic carbocycles. The number of rotatable bonds is 27. The number of para-hydroxylation sites is 2. The van der Waals surface area contributed by atoms with Crippen molar-refractivity contribution >= 4 is 143 Å². The molecule has 139 heavy (non-hydrogen) atoms. The van der Waals surface area contributed by atoms with E-state index in [-0.39, 0.29) is 18.0 Å². The fraction of sp³-hybridized carbons (Fsp3) is 0.330. The van der Waals surface area contributed by atoms with Crippen LogP contribution in [0.4, 0.5) is 58.0 Å². The van der Waals surface area contributed by atoms with Crippen LogP contribution in [0.3, 0.4) is 0 Å². The highest BCUT2D eigenvalue weighted by atomic mass is 31.2. The molecule has 0 spiro atoms. The Morgan fingerprint density at radius 1 is 0.583 bits per heavy atom. The van der Waals surface area contributed by atoms with E-state index in [1.807, 2.05) is 202 Å². The third kappa shape index (κ3) is 23.2. The van der Waals surface area contributed by atoms with Gasteiger partial charge < -0.3 is 82.9 Å². The van der Waals surface area contributed by atoms with Crippen molar-refractivity contribution in [1.29, 1.82) is 0 Å². The molecule has 2 unspecified atom stereocenters. The predicted octanol–water partition coefficient (Wildman–Crippen LogP) is 16.2. The van der Waals surface area contributed by atoms with Gasteiger partial charge in [-0.1, -0.05) is 102 Å². The summed E-state index contributed by atoms with van der Waals surface area (Å²) in [4.78, 5) is 65.0. The Hall–Kier alpha value is -13.7. The summed E-state index contributed by atoms with van der Waals surface area (Å²) >= 11 is 0. The van der Waals surface area contributed by atoms with Crippen molar-refractivity contribution in [3.8, 4) is 40.0 Å². The lowest BCUT2D eigenvalue weighted by atomic mass is 10.1. The highest BCUT2D eigenvalue weighted by Gasteiger charge is 2.33. The van der Waals surface area contributed by atoms with Crippen LogP contribution in [0.1, 0.15) is 81.5 Å². The fourth-order valence-corrected chi connectivity index (χ4v) is 25.5. The topological polar surface area (TPSA) is 418 Å². The van der Waals surface area contributed by atoms with Gasteiger partial charge in [0.2, 0.25) is 17.8 Å². The number of benzene rings is 5. The molecular weight excluding hydrogens is 1860 g/mol. The van der Waals surface area contributed by atoms with Crippen LogP contribution in [0, 0.1) is 0 Å². The van der Waals surface area contributed by atoms with Crippen LogP contribution in [-0.4, -0.2) is 237 Å². The second-order valence-corrected chi connectivity index (χ2v) is 51.2. The number of ether oxygens (including phenoxy) is 5. The van der Waals surface area contributed by atoms with Crippen LogP contribution in [0.5, 0.6) is 28.7 Å². The minimum atomic E-state index is -2.38. The van der Waals surface area contributed by atoms with Crippen LogP contribution in [-0.2, 0) is 35.8 Å². The zero-order valence-electron chi connectivity index (χ0n) is 80.6. The van der Waals surface area contributed by atoms with Crippen LogP contribution >= 0.6 is 35.7 Å². The van der Waals surface area contributed by atoms with Crippen LogP contribution in [0.15, 0.2) is 219 Å². The number of amides is 1. The first-order valence-corrected chi connectivity index (χ1v) is 57.2. The summed E-state index contributed by atoms with van der Waals surface area (Å²) in [5.41, 5.74) is 10.5. The smallest absolute Gasteiger partial charge is 0.257 e. The van der Waals surface area contributed by atoms with Gasteiger partial charge in [0, 0.05) is 140 Å². The van der Waals surface area contributed by atoms with Gasteiger partial charge in [-0.05, 0) is 118 Å². The maximum atomic E-state index is 13.3. The normalized spacial score (nSPS) is 15.2. The molecule has 2 saturated heterocycles. The highest BCUT2D eigenvalue weighted by molar-refractivity contribution is 7.72. The van der Waals surface area contributed by atoms with E-state index in [0.29, 0.717) is 148 Å². The summed E-state index contributed by atoms with van der Waals surface area (Å²) in [5, 5.41) is 32.8. The van der Waals surface area contributed by atoms with Crippen LogP contribution in [0.2, 0.25) is 0 Å². The van der Waals surface area contributed by atoms with Crippen LogP contribution in [0.25, 0.3) is 33.7 Å². The van der Waals surface area contributed by atoms with Gasteiger partial charge in [0.15, 0.2) is 16.9 Å². The number of aryl methyl sites for hydroxylation is 1. The number of allylic oxidation sites excluding steroid dienone is 2. The van der Waals surface area contributed by atoms with E-state index in [9.17, 15) is 27.6 Å². The molecule has 1 amide bonds. The Balaban J connectivity index is 0.000000132. The molecule has 3 aliphatic heterocycles. The van der Waals surface area contributed by atoms with Gasteiger partial charge in [0.25, 0.3) is 11.5 Å². The molecule has 0 saturated carbocycles. The second-order valence-electron chi connectivity index (χ2n) is 34.2. The van der Waals surface area contributed by atoms with Crippen LogP contribution < -0.4 is 82.0 Å². The van der Waals surface area contributed by atoms with E-state index in [2.05, 4.69) is 116 Å². The van der Waals surface area contributed by atoms with Crippen molar-refractivity contribution in [3.05, 3.63) is 237 Å². The predicted molar refractivity (Wildman–Crippen MR) is 552 cm³/mol. The number of carbonyl (C=O) groups excluding carboxylic acids is 1. The molecule has 13 heterocycles. The Bertz CT molecular complexity index is 7320. The quantitative estimate of drug-likeness (QED) is 0.0298. The molecule has 2 atom stereocenters. The van der Waals surface area contributed by atoms with E-state index >= 15 is 0 Å². The number of nitrogens with one attached hydrogen (secondary N) is 5. The molecule has 0 bridgehead atoms. The second kappa shape index (κ2) is 44.0. The molecule has 15 aromatic rings. The monoisotopic (exact) mass is 1980 g/mol. The summed E-state index contributed by atoms with van der Waals surface area (Å²) < 4.78 is 99.9. The fourth-order valence-electron chi connectivity index (χ4n) is 16.4. The number of aromatic nitrogens is 18. The number of imidazole rings is 2. The molecular formula is C97H117N26O11P5. The molecule has 19 rings (SSSR count). The van der Waals surface area contributed by atoms with Crippen molar-refractivity contribution in [2.75, 3.05) is 164 Å². The molecule has 4 aliphatic rings. The maximum Gasteiger partial charge on any atom is 0.257 e. The number of pyridine rings is 1. The Kier molecular flexibility index (Phi) is 31.6. The minimum absolute atomic E-state index is 0.0934. The average Bonchev–Trinajstić information content (AvgIpc) is 1.65. The number of hydrogen-bond donors (Lipinski definition) is 5. The lowest BCUT2D eigenvalue weighted by molar-refractivity contribution is 0.0771. The third-order valence-electron chi connectivity index (χ3n) is 24.7. The lowest BCUT2D eigenvalue weighted by Crippen LogP contribution is -2.39. The Labute approximate surface area is 806 Å². The van der Waals surface area contributed by atoms with E-state index < -0.39 is 35.7 Å². The molecule has 0 radical (unpaired) electrons. The Morgan fingerprint density at radius 3 is 1.94 bits per heavy atom. The lowest BCUT2D eigenvalue weighted by Gasteiger charge is -2.30. The van der Waals surface area contributed by atoms with Gasteiger partial charge in [-0.15, -0.1) is 5.10 Å². The van der Waals surface area contributed by atoms with E-state index in [0.717, 1.165) is 104 Å². The number of carbonyl (C=O) groups is 1. The van der Waals surface area contributed by atoms with Crippen molar-refractivity contribution in [1.82, 2.24) is 92.5 Å². The van der Waals surface area contributed by atoms with Gasteiger partial charge in [-0.3, -0.25) is 18.7 Å². The molecule has 10 aromatic heterocycles. The van der Waals surface area contributed by atoms with E-state index in [1.54, 1.807) is 123 Å². The number of anilines is 9. The third-order valence-corrected chi connectivity index (χ3v) is 38.4. The first-order chi connectivity index (χ1) is 67.0. The van der Waals surface area contributed by atoms with Gasteiger partial charge in [0.1, 0.15) is 99.4 Å². The Morgan fingerprint density at radius 2 is 1.24 bits per heavy atom. The van der Waals surface area contributed by atoms with Gasteiger partial charge in [0.05, 0.1) is 126 Å². The molecule has 2 fully saturated rings. The van der Waals surface area contributed by atoms with Crippen molar-refractivity contribution in [3.63, 3.8) is 0 Å². The number of hydrogen-bond acceptors (Lipinski definition) is 31. The zero-order chi connectivity index (χ0) is 98.3. The molecule has 42 heteroatoms. The van der Waals surface area contributed by atoms with Crippen molar-refractivity contribution in [2.45, 2.75) is 78.9 Å². The summed E-state index contributed by atoms with van der Waals surface area (Å²) in [7, 11) is 0.441. The summed E-state index contributed by atoms with van der Waals surface area (Å²) in [5.74, 6) is 6.99. The zero-order valence-corrected chi connectivity index (χ0v) is 85.1. The number of nitrogens with zero attached hydrogens (tertiary/aromatic N) is 21. The van der Waals surface area contributed by atoms with E-state index in [4.69, 9.17) is 23.7 Å². The van der Waals surface area contributed by atoms with Gasteiger partial charge >= 0.3 is 0 Å². The average molecular weight is 1980 g/mol. The number of methoxy groups -OCH3 is 5. The summed E-state index contributed by atoms with van der Waals surface area (Å²) in [6, 6.07) is 38.1. The van der Waals surface area contributed by atoms with E-state index in [1.165, 1.54) is 12.7 Å². The SMILES string of the molecule is CCP(=O)(CC)c1ccc(N=c2ncn3c(n2)NC2C=CC=CC23)c(OC)c1.CCP(=O)(CC)c1ccc(Nc2cc3ncnn3c(N(C)C)n2)c(OC)c1.CCc1cnc2cnc(Nc3ccc(P4(=O)CCCCC4)cc3OC)cn12.COc1ccccc1Nc1cc2c(C(=O)N3CCP(C)(=O)CC3)cnn2cn1.COc1cncc(CNc2ncc3ncc(-c4ccc(P(C)(C)=O)cc4)n3n2)c1. The molecule has 5 N–H and O–H groups in total. The van der Waals surface area contributed by atoms with Crippen molar-refractivity contribution in [2.24, 2.45) is 4.99 Å². The largest absolute Gasteiger partial charge is 0.495 e.